The van der Waals surface area contributed by atoms with Gasteiger partial charge in [-0.3, -0.25) is 0 Å². The molecule has 0 atom stereocenters. The van der Waals surface area contributed by atoms with E-state index in [0.29, 0.717) is 0 Å². The molecule has 0 N–H and O–H groups in total. The number of hydrogen-bond acceptors (Lipinski definition) is 0. The minimum Gasteiger partial charge on any atom is -0.0656 e. The fourth-order valence-corrected chi connectivity index (χ4v) is 3.95. The summed E-state index contributed by atoms with van der Waals surface area (Å²) in [4.78, 5) is 0. The first-order valence-electron chi connectivity index (χ1n) is 8.21. The van der Waals surface area contributed by atoms with E-state index in [1.54, 1.807) is 0 Å². The summed E-state index contributed by atoms with van der Waals surface area (Å²) in [5, 5.41) is 1.51. The van der Waals surface area contributed by atoms with E-state index >= 15 is 0 Å². The van der Waals surface area contributed by atoms with Crippen LogP contribution in [0.1, 0.15) is 5.56 Å². The highest BCUT2D eigenvalue weighted by atomic mass is 28.3. The van der Waals surface area contributed by atoms with Crippen LogP contribution < -0.4 is 5.19 Å². The third kappa shape index (κ3) is 3.62. The summed E-state index contributed by atoms with van der Waals surface area (Å²) in [5.41, 5.74) is 6.42. The quantitative estimate of drug-likeness (QED) is 0.530. The molecule has 0 nitrogen and oxygen atoms in total. The zero-order chi connectivity index (χ0) is 16.4. The van der Waals surface area contributed by atoms with Gasteiger partial charge < -0.3 is 0 Å². The smallest absolute Gasteiger partial charge is 0.0656 e. The van der Waals surface area contributed by atoms with Crippen molar-refractivity contribution in [2.45, 2.75) is 26.6 Å². The molecule has 0 fully saturated rings. The highest BCUT2D eigenvalue weighted by Crippen LogP contribution is 2.26. The average Bonchev–Trinajstić information content (AvgIpc) is 2.55. The van der Waals surface area contributed by atoms with Crippen molar-refractivity contribution in [1.82, 2.24) is 0 Å². The van der Waals surface area contributed by atoms with E-state index in [-0.39, 0.29) is 0 Å². The molecule has 116 valence electrons. The maximum absolute atomic E-state index is 2.39. The van der Waals surface area contributed by atoms with Gasteiger partial charge in [-0.2, -0.15) is 0 Å². The Hall–Kier alpha value is -2.12. The normalized spacial score (nSPS) is 11.5. The zero-order valence-electron chi connectivity index (χ0n) is 14.4. The van der Waals surface area contributed by atoms with Gasteiger partial charge in [-0.25, -0.2) is 0 Å². The lowest BCUT2D eigenvalue weighted by molar-refractivity contribution is 1.47. The Morgan fingerprint density at radius 2 is 1.04 bits per heavy atom. The van der Waals surface area contributed by atoms with Crippen LogP contribution in [0.25, 0.3) is 22.3 Å². The lowest BCUT2D eigenvalue weighted by Gasteiger charge is -2.17. The van der Waals surface area contributed by atoms with Gasteiger partial charge >= 0.3 is 0 Å². The molecule has 0 saturated carbocycles. The van der Waals surface area contributed by atoms with Gasteiger partial charge in [0.2, 0.25) is 0 Å². The first-order chi connectivity index (χ1) is 10.9. The molecule has 1 heteroatoms. The summed E-state index contributed by atoms with van der Waals surface area (Å²) in [7, 11) is -1.23. The number of rotatable bonds is 3. The van der Waals surface area contributed by atoms with Gasteiger partial charge in [0.15, 0.2) is 0 Å². The first-order valence-corrected chi connectivity index (χ1v) is 11.7. The van der Waals surface area contributed by atoms with Crippen LogP contribution in [-0.2, 0) is 0 Å². The van der Waals surface area contributed by atoms with Gasteiger partial charge in [0.25, 0.3) is 0 Å². The molecule has 0 radical (unpaired) electrons. The molecule has 0 saturated heterocycles. The highest BCUT2D eigenvalue weighted by Gasteiger charge is 2.15. The van der Waals surface area contributed by atoms with Gasteiger partial charge in [0.1, 0.15) is 0 Å². The molecule has 0 aliphatic carbocycles. The number of benzene rings is 3. The maximum Gasteiger partial charge on any atom is 0.0775 e. The van der Waals surface area contributed by atoms with E-state index in [2.05, 4.69) is 99.4 Å². The summed E-state index contributed by atoms with van der Waals surface area (Å²) in [6.45, 7) is 9.29. The Morgan fingerprint density at radius 1 is 0.565 bits per heavy atom. The number of aryl methyl sites for hydroxylation is 1. The standard InChI is InChI=1S/C22H24Si/c1-17-8-10-18(11-9-17)20-6-5-7-21(16-20)19-12-14-22(15-13-19)23(2,3)4/h5-16H,1-4H3. The predicted octanol–water partition coefficient (Wildman–Crippen LogP) is 5.87. The molecule has 0 heterocycles. The Balaban J connectivity index is 1.95. The summed E-state index contributed by atoms with van der Waals surface area (Å²) in [6.07, 6.45) is 0. The van der Waals surface area contributed by atoms with E-state index in [9.17, 15) is 0 Å². The van der Waals surface area contributed by atoms with E-state index < -0.39 is 8.07 Å². The summed E-state index contributed by atoms with van der Waals surface area (Å²) < 4.78 is 0. The molecule has 3 aromatic rings. The van der Waals surface area contributed by atoms with Crippen LogP contribution in [0.2, 0.25) is 19.6 Å². The molecule has 0 aliphatic rings. The lowest BCUT2D eigenvalue weighted by atomic mass is 9.98. The van der Waals surface area contributed by atoms with E-state index in [4.69, 9.17) is 0 Å². The van der Waals surface area contributed by atoms with Crippen LogP contribution in [0.15, 0.2) is 72.8 Å². The Morgan fingerprint density at radius 3 is 1.52 bits per heavy atom. The molecule has 0 unspecified atom stereocenters. The van der Waals surface area contributed by atoms with Crippen molar-refractivity contribution in [2.75, 3.05) is 0 Å². The molecule has 0 amide bonds. The molecule has 0 aliphatic heterocycles. The van der Waals surface area contributed by atoms with Crippen LogP contribution in [0, 0.1) is 6.92 Å². The fourth-order valence-electron chi connectivity index (χ4n) is 2.79. The Labute approximate surface area is 140 Å². The molecule has 0 spiro atoms. The maximum atomic E-state index is 2.39. The van der Waals surface area contributed by atoms with Crippen LogP contribution in [0.3, 0.4) is 0 Å². The average molecular weight is 317 g/mol. The van der Waals surface area contributed by atoms with Crippen molar-refractivity contribution >= 4 is 13.3 Å². The van der Waals surface area contributed by atoms with Gasteiger partial charge in [-0.05, 0) is 35.2 Å². The van der Waals surface area contributed by atoms with Crippen molar-refractivity contribution in [2.24, 2.45) is 0 Å². The predicted molar refractivity (Wildman–Crippen MR) is 105 cm³/mol. The third-order valence-electron chi connectivity index (χ3n) is 4.33. The third-order valence-corrected chi connectivity index (χ3v) is 6.40. The van der Waals surface area contributed by atoms with Crippen LogP contribution in [-0.4, -0.2) is 8.07 Å². The largest absolute Gasteiger partial charge is 0.0775 e. The van der Waals surface area contributed by atoms with Gasteiger partial charge in [-0.15, -0.1) is 0 Å². The van der Waals surface area contributed by atoms with Gasteiger partial charge in [-0.1, -0.05) is 97.1 Å². The minimum atomic E-state index is -1.23. The summed E-state index contributed by atoms with van der Waals surface area (Å²) in [5.74, 6) is 0. The first kappa shape index (κ1) is 15.8. The zero-order valence-corrected chi connectivity index (χ0v) is 15.4. The SMILES string of the molecule is Cc1ccc(-c2cccc(-c3ccc([Si](C)(C)C)cc3)c2)cc1. The highest BCUT2D eigenvalue weighted by molar-refractivity contribution is 6.88. The molecule has 0 bridgehead atoms. The molecule has 3 rings (SSSR count). The molecule has 0 aromatic heterocycles. The summed E-state index contributed by atoms with van der Waals surface area (Å²) >= 11 is 0. The monoisotopic (exact) mass is 316 g/mol. The van der Waals surface area contributed by atoms with Crippen molar-refractivity contribution in [1.29, 1.82) is 0 Å². The topological polar surface area (TPSA) is 0 Å². The molecular formula is C22H24Si. The van der Waals surface area contributed by atoms with E-state index in [1.807, 2.05) is 0 Å². The van der Waals surface area contributed by atoms with Crippen LogP contribution in [0.4, 0.5) is 0 Å². The van der Waals surface area contributed by atoms with Crippen LogP contribution >= 0.6 is 0 Å². The Kier molecular flexibility index (Phi) is 4.23. The Bertz CT molecular complexity index is 791. The van der Waals surface area contributed by atoms with Crippen molar-refractivity contribution in [3.8, 4) is 22.3 Å². The fraction of sp³-hybridized carbons (Fsp3) is 0.182. The van der Waals surface area contributed by atoms with E-state index in [1.165, 1.54) is 33.0 Å². The second-order valence-electron chi connectivity index (χ2n) is 7.27. The second-order valence-corrected chi connectivity index (χ2v) is 12.4. The van der Waals surface area contributed by atoms with Crippen molar-refractivity contribution in [3.63, 3.8) is 0 Å². The second kappa shape index (κ2) is 6.17. The molecule has 3 aromatic carbocycles. The number of hydrogen-bond donors (Lipinski definition) is 0. The van der Waals surface area contributed by atoms with Gasteiger partial charge in [0, 0.05) is 0 Å². The van der Waals surface area contributed by atoms with Gasteiger partial charge in [0.05, 0.1) is 8.07 Å². The van der Waals surface area contributed by atoms with Crippen molar-refractivity contribution < 1.29 is 0 Å². The van der Waals surface area contributed by atoms with Crippen molar-refractivity contribution in [3.05, 3.63) is 78.4 Å². The van der Waals surface area contributed by atoms with Crippen LogP contribution in [0.5, 0.6) is 0 Å². The molecule has 23 heavy (non-hydrogen) atoms. The summed E-state index contributed by atoms with van der Waals surface area (Å²) in [6, 6.07) is 26.7. The minimum absolute atomic E-state index is 1.23. The van der Waals surface area contributed by atoms with E-state index in [0.717, 1.165) is 0 Å². The lowest BCUT2D eigenvalue weighted by Crippen LogP contribution is -2.37. The molecular weight excluding hydrogens is 292 g/mol.